The molecule has 21 heavy (non-hydrogen) atoms. The number of thioether (sulfide) groups is 1. The van der Waals surface area contributed by atoms with Crippen molar-refractivity contribution in [1.29, 1.82) is 0 Å². The third-order valence-electron chi connectivity index (χ3n) is 2.50. The van der Waals surface area contributed by atoms with Crippen LogP contribution in [0.15, 0.2) is 11.2 Å². The van der Waals surface area contributed by atoms with E-state index >= 15 is 0 Å². The van der Waals surface area contributed by atoms with Crippen molar-refractivity contribution in [3.63, 3.8) is 0 Å². The number of anilines is 1. The molecule has 0 aliphatic carbocycles. The first-order valence-corrected chi connectivity index (χ1v) is 6.54. The predicted molar refractivity (Wildman–Crippen MR) is 67.0 cm³/mol. The summed E-state index contributed by atoms with van der Waals surface area (Å²) in [6.07, 6.45) is 0. The third kappa shape index (κ3) is 3.07. The Morgan fingerprint density at radius 2 is 1.48 bits per heavy atom. The van der Waals surface area contributed by atoms with Gasteiger partial charge in [-0.15, -0.1) is 0 Å². The number of hydrogen-bond acceptors (Lipinski definition) is 4. The Morgan fingerprint density at radius 3 is 2.00 bits per heavy atom. The fourth-order valence-corrected chi connectivity index (χ4v) is 2.45. The second-order valence-electron chi connectivity index (χ2n) is 4.05. The van der Waals surface area contributed by atoms with E-state index in [1.807, 2.05) is 0 Å². The zero-order valence-electron chi connectivity index (χ0n) is 10.6. The van der Waals surface area contributed by atoms with Crippen molar-refractivity contribution in [3.8, 4) is 0 Å². The zero-order valence-corrected chi connectivity index (χ0v) is 11.4. The molecule has 0 saturated carbocycles. The topological polar surface area (TPSA) is 51.8 Å². The molecule has 0 bridgehead atoms. The van der Waals surface area contributed by atoms with Crippen LogP contribution in [0.4, 0.5) is 27.8 Å². The SMILES string of the molecule is Cc1cc(N)nc(SCc2c(F)c(F)c(F)c(F)c2F)n1. The second-order valence-corrected chi connectivity index (χ2v) is 5.00. The van der Waals surface area contributed by atoms with E-state index in [-0.39, 0.29) is 11.0 Å². The van der Waals surface area contributed by atoms with Crippen LogP contribution in [0.3, 0.4) is 0 Å². The van der Waals surface area contributed by atoms with Crippen molar-refractivity contribution in [2.45, 2.75) is 17.8 Å². The third-order valence-corrected chi connectivity index (χ3v) is 3.37. The Balaban J connectivity index is 2.32. The van der Waals surface area contributed by atoms with Gasteiger partial charge in [-0.2, -0.15) is 0 Å². The summed E-state index contributed by atoms with van der Waals surface area (Å²) in [4.78, 5) is 7.73. The maximum atomic E-state index is 13.5. The number of aromatic nitrogens is 2. The number of benzene rings is 1. The number of nitrogens with zero attached hydrogens (tertiary/aromatic N) is 2. The van der Waals surface area contributed by atoms with Gasteiger partial charge in [-0.1, -0.05) is 11.8 Å². The molecule has 0 saturated heterocycles. The van der Waals surface area contributed by atoms with Crippen LogP contribution in [-0.2, 0) is 5.75 Å². The Hall–Kier alpha value is -1.90. The fourth-order valence-electron chi connectivity index (χ4n) is 1.54. The summed E-state index contributed by atoms with van der Waals surface area (Å²) in [6.45, 7) is 1.63. The minimum absolute atomic E-state index is 0.0800. The second kappa shape index (κ2) is 5.84. The van der Waals surface area contributed by atoms with Gasteiger partial charge >= 0.3 is 0 Å². The van der Waals surface area contributed by atoms with E-state index in [1.165, 1.54) is 6.07 Å². The van der Waals surface area contributed by atoms with E-state index in [4.69, 9.17) is 5.73 Å². The molecule has 0 radical (unpaired) electrons. The van der Waals surface area contributed by atoms with Crippen molar-refractivity contribution in [2.75, 3.05) is 5.73 Å². The van der Waals surface area contributed by atoms with Gasteiger partial charge in [0, 0.05) is 23.1 Å². The van der Waals surface area contributed by atoms with Crippen LogP contribution in [0, 0.1) is 36.0 Å². The van der Waals surface area contributed by atoms with Gasteiger partial charge in [-0.3, -0.25) is 0 Å². The molecule has 0 unspecified atom stereocenters. The highest BCUT2D eigenvalue weighted by Crippen LogP contribution is 2.28. The monoisotopic (exact) mass is 321 g/mol. The Labute approximate surface area is 120 Å². The Bertz CT molecular complexity index is 659. The lowest BCUT2D eigenvalue weighted by Crippen LogP contribution is -2.06. The molecule has 2 N–H and O–H groups in total. The number of hydrogen-bond donors (Lipinski definition) is 1. The standard InChI is InChI=1S/C12H8F5N3S/c1-4-2-6(18)20-12(19-4)21-3-5-7(13)9(15)11(17)10(16)8(5)14/h2H,3H2,1H3,(H2,18,19,20). The first kappa shape index (κ1) is 15.5. The molecule has 0 aliphatic rings. The van der Waals surface area contributed by atoms with Crippen molar-refractivity contribution < 1.29 is 22.0 Å². The number of halogens is 5. The van der Waals surface area contributed by atoms with Gasteiger partial charge in [0.1, 0.15) is 5.82 Å². The zero-order chi connectivity index (χ0) is 15.7. The summed E-state index contributed by atoms with van der Waals surface area (Å²) in [5.41, 5.74) is 5.06. The van der Waals surface area contributed by atoms with Crippen LogP contribution < -0.4 is 5.73 Å². The minimum Gasteiger partial charge on any atom is -0.384 e. The number of nitrogens with two attached hydrogens (primary N) is 1. The molecular formula is C12H8F5N3S. The van der Waals surface area contributed by atoms with Crippen molar-refractivity contribution in [2.24, 2.45) is 0 Å². The van der Waals surface area contributed by atoms with Gasteiger partial charge in [0.25, 0.3) is 0 Å². The van der Waals surface area contributed by atoms with Gasteiger partial charge in [0.05, 0.1) is 0 Å². The molecule has 1 aromatic carbocycles. The largest absolute Gasteiger partial charge is 0.384 e. The van der Waals surface area contributed by atoms with Crippen molar-refractivity contribution >= 4 is 17.6 Å². The highest BCUT2D eigenvalue weighted by molar-refractivity contribution is 7.98. The van der Waals surface area contributed by atoms with Crippen LogP contribution in [0.1, 0.15) is 11.3 Å². The Kier molecular flexibility index (Phi) is 4.31. The molecule has 0 fully saturated rings. The number of aryl methyl sites for hydroxylation is 1. The first-order chi connectivity index (χ1) is 9.81. The molecule has 0 aliphatic heterocycles. The first-order valence-electron chi connectivity index (χ1n) is 5.55. The van der Waals surface area contributed by atoms with Gasteiger partial charge in [0.2, 0.25) is 5.82 Å². The maximum absolute atomic E-state index is 13.5. The lowest BCUT2D eigenvalue weighted by atomic mass is 10.2. The highest BCUT2D eigenvalue weighted by Gasteiger charge is 2.25. The molecule has 1 aromatic heterocycles. The summed E-state index contributed by atoms with van der Waals surface area (Å²) >= 11 is 0.715. The van der Waals surface area contributed by atoms with E-state index in [2.05, 4.69) is 9.97 Å². The average Bonchev–Trinajstić information content (AvgIpc) is 2.42. The van der Waals surface area contributed by atoms with Crippen LogP contribution in [-0.4, -0.2) is 9.97 Å². The summed E-state index contributed by atoms with van der Waals surface area (Å²) in [5.74, 6) is -10.2. The average molecular weight is 321 g/mol. The molecule has 9 heteroatoms. The van der Waals surface area contributed by atoms with Crippen molar-refractivity contribution in [3.05, 3.63) is 46.4 Å². The number of nitrogen functional groups attached to an aromatic ring is 1. The fraction of sp³-hybridized carbons (Fsp3) is 0.167. The van der Waals surface area contributed by atoms with E-state index in [9.17, 15) is 22.0 Å². The molecule has 0 atom stereocenters. The molecule has 2 rings (SSSR count). The van der Waals surface area contributed by atoms with Gasteiger partial charge in [-0.25, -0.2) is 31.9 Å². The lowest BCUT2D eigenvalue weighted by molar-refractivity contribution is 0.372. The lowest BCUT2D eigenvalue weighted by Gasteiger charge is -2.08. The summed E-state index contributed by atoms with van der Waals surface area (Å²) < 4.78 is 65.9. The summed E-state index contributed by atoms with van der Waals surface area (Å²) in [7, 11) is 0. The molecule has 3 nitrogen and oxygen atoms in total. The Morgan fingerprint density at radius 1 is 0.952 bits per heavy atom. The molecule has 1 heterocycles. The van der Waals surface area contributed by atoms with Crippen molar-refractivity contribution in [1.82, 2.24) is 9.97 Å². The van der Waals surface area contributed by atoms with E-state index in [0.717, 1.165) is 0 Å². The van der Waals surface area contributed by atoms with Crippen LogP contribution in [0.5, 0.6) is 0 Å². The molecule has 2 aromatic rings. The molecule has 112 valence electrons. The van der Waals surface area contributed by atoms with E-state index in [0.29, 0.717) is 17.5 Å². The van der Waals surface area contributed by atoms with E-state index < -0.39 is 40.4 Å². The quantitative estimate of drug-likeness (QED) is 0.310. The van der Waals surface area contributed by atoms with E-state index in [1.54, 1.807) is 6.92 Å². The molecule has 0 spiro atoms. The van der Waals surface area contributed by atoms with Gasteiger partial charge < -0.3 is 5.73 Å². The summed E-state index contributed by atoms with van der Waals surface area (Å²) in [5, 5.41) is 0.0800. The minimum atomic E-state index is -2.19. The number of rotatable bonds is 3. The normalized spacial score (nSPS) is 11.0. The van der Waals surface area contributed by atoms with Gasteiger partial charge in [-0.05, 0) is 6.92 Å². The molecule has 0 amide bonds. The highest BCUT2D eigenvalue weighted by atomic mass is 32.2. The van der Waals surface area contributed by atoms with Crippen LogP contribution in [0.25, 0.3) is 0 Å². The van der Waals surface area contributed by atoms with Crippen LogP contribution >= 0.6 is 11.8 Å². The summed E-state index contributed by atoms with van der Waals surface area (Å²) in [6, 6.07) is 1.47. The van der Waals surface area contributed by atoms with Gasteiger partial charge in [0.15, 0.2) is 28.4 Å². The predicted octanol–water partition coefficient (Wildman–Crippen LogP) is 3.36. The molecular weight excluding hydrogens is 313 g/mol. The van der Waals surface area contributed by atoms with Crippen LogP contribution in [0.2, 0.25) is 0 Å². The smallest absolute Gasteiger partial charge is 0.200 e. The maximum Gasteiger partial charge on any atom is 0.200 e.